The number of nitrogens with zero attached hydrogens (tertiary/aromatic N) is 3. The molecular formula is C10H17N5O. The minimum atomic E-state index is -0.380. The molecule has 0 atom stereocenters. The number of nitrogens with two attached hydrogens (primary N) is 1. The van der Waals surface area contributed by atoms with Crippen LogP contribution in [-0.4, -0.2) is 36.5 Å². The molecule has 0 spiro atoms. The number of rotatable bonds is 5. The van der Waals surface area contributed by atoms with E-state index in [-0.39, 0.29) is 12.5 Å². The van der Waals surface area contributed by atoms with Gasteiger partial charge in [0.25, 0.3) is 0 Å². The summed E-state index contributed by atoms with van der Waals surface area (Å²) in [7, 11) is 3.59. The highest BCUT2D eigenvalue weighted by Gasteiger charge is 2.13. The number of carbonyl (C=O) groups is 1. The van der Waals surface area contributed by atoms with Crippen molar-refractivity contribution in [1.82, 2.24) is 9.97 Å². The smallest absolute Gasteiger partial charge is 0.236 e. The highest BCUT2D eigenvalue weighted by atomic mass is 16.1. The molecule has 0 fully saturated rings. The maximum atomic E-state index is 10.9. The molecule has 88 valence electrons. The molecule has 1 aromatic heterocycles. The second-order valence-electron chi connectivity index (χ2n) is 3.45. The molecule has 0 aromatic carbocycles. The van der Waals surface area contributed by atoms with E-state index in [0.29, 0.717) is 0 Å². The Kier molecular flexibility index (Phi) is 4.04. The number of hydrogen-bond donors (Lipinski definition) is 2. The van der Waals surface area contributed by atoms with Gasteiger partial charge in [-0.1, -0.05) is 6.92 Å². The summed E-state index contributed by atoms with van der Waals surface area (Å²) in [5.74, 6) is 1.14. The molecule has 0 bridgehead atoms. The topological polar surface area (TPSA) is 84.1 Å². The van der Waals surface area contributed by atoms with Crippen molar-refractivity contribution in [3.05, 3.63) is 11.9 Å². The summed E-state index contributed by atoms with van der Waals surface area (Å²) in [4.78, 5) is 20.9. The third kappa shape index (κ3) is 2.59. The van der Waals surface area contributed by atoms with Crippen molar-refractivity contribution >= 4 is 17.5 Å². The van der Waals surface area contributed by atoms with Gasteiger partial charge in [-0.25, -0.2) is 9.97 Å². The van der Waals surface area contributed by atoms with Gasteiger partial charge in [-0.15, -0.1) is 0 Å². The van der Waals surface area contributed by atoms with E-state index in [9.17, 15) is 4.79 Å². The Hall–Kier alpha value is -1.85. The Balaban J connectivity index is 3.07. The number of amides is 1. The molecule has 0 radical (unpaired) electrons. The maximum absolute atomic E-state index is 10.9. The molecule has 6 nitrogen and oxygen atoms in total. The summed E-state index contributed by atoms with van der Waals surface area (Å²) in [5.41, 5.74) is 6.13. The average Bonchev–Trinajstić information content (AvgIpc) is 2.26. The monoisotopic (exact) mass is 223 g/mol. The van der Waals surface area contributed by atoms with Gasteiger partial charge in [0.05, 0.1) is 6.54 Å². The van der Waals surface area contributed by atoms with Crippen LogP contribution in [0.25, 0.3) is 0 Å². The molecule has 0 saturated carbocycles. The molecule has 0 saturated heterocycles. The van der Waals surface area contributed by atoms with E-state index in [0.717, 1.165) is 23.6 Å². The molecular weight excluding hydrogens is 206 g/mol. The van der Waals surface area contributed by atoms with Crippen LogP contribution >= 0.6 is 0 Å². The summed E-state index contributed by atoms with van der Waals surface area (Å²) in [5, 5.41) is 3.00. The third-order valence-corrected chi connectivity index (χ3v) is 2.27. The molecule has 16 heavy (non-hydrogen) atoms. The summed E-state index contributed by atoms with van der Waals surface area (Å²) >= 11 is 0. The Morgan fingerprint density at radius 3 is 2.75 bits per heavy atom. The molecule has 6 heteroatoms. The van der Waals surface area contributed by atoms with E-state index in [1.807, 2.05) is 6.92 Å². The van der Waals surface area contributed by atoms with Crippen LogP contribution in [0.4, 0.5) is 11.6 Å². The molecule has 1 rings (SSSR count). The molecule has 0 aliphatic carbocycles. The van der Waals surface area contributed by atoms with Crippen molar-refractivity contribution in [2.24, 2.45) is 5.73 Å². The Morgan fingerprint density at radius 2 is 2.25 bits per heavy atom. The van der Waals surface area contributed by atoms with Gasteiger partial charge < -0.3 is 16.0 Å². The summed E-state index contributed by atoms with van der Waals surface area (Å²) in [6, 6.07) is 0. The Morgan fingerprint density at radius 1 is 1.56 bits per heavy atom. The Labute approximate surface area is 94.9 Å². The zero-order valence-electron chi connectivity index (χ0n) is 9.82. The number of hydrogen-bond acceptors (Lipinski definition) is 5. The number of aromatic nitrogens is 2. The average molecular weight is 223 g/mol. The molecule has 0 unspecified atom stereocenters. The van der Waals surface area contributed by atoms with Crippen LogP contribution < -0.4 is 16.0 Å². The first-order valence-corrected chi connectivity index (χ1v) is 5.11. The quantitative estimate of drug-likeness (QED) is 0.734. The molecule has 0 aliphatic rings. The van der Waals surface area contributed by atoms with Crippen LogP contribution in [0.15, 0.2) is 6.33 Å². The van der Waals surface area contributed by atoms with E-state index < -0.39 is 0 Å². The van der Waals surface area contributed by atoms with E-state index >= 15 is 0 Å². The molecule has 3 N–H and O–H groups in total. The lowest BCUT2D eigenvalue weighted by Crippen LogP contribution is -2.32. The van der Waals surface area contributed by atoms with Crippen LogP contribution in [0.5, 0.6) is 0 Å². The fourth-order valence-electron chi connectivity index (χ4n) is 1.58. The first-order valence-electron chi connectivity index (χ1n) is 5.11. The first-order chi connectivity index (χ1) is 7.60. The number of carbonyl (C=O) groups excluding carboxylic acids is 1. The van der Waals surface area contributed by atoms with E-state index in [1.165, 1.54) is 6.33 Å². The zero-order chi connectivity index (χ0) is 12.1. The predicted molar refractivity (Wildman–Crippen MR) is 63.4 cm³/mol. The van der Waals surface area contributed by atoms with Gasteiger partial charge >= 0.3 is 0 Å². The normalized spacial score (nSPS) is 9.94. The van der Waals surface area contributed by atoms with Crippen molar-refractivity contribution in [3.8, 4) is 0 Å². The van der Waals surface area contributed by atoms with Gasteiger partial charge in [-0.2, -0.15) is 0 Å². The second kappa shape index (κ2) is 5.29. The third-order valence-electron chi connectivity index (χ3n) is 2.27. The number of anilines is 2. The van der Waals surface area contributed by atoms with Crippen molar-refractivity contribution in [2.45, 2.75) is 13.3 Å². The van der Waals surface area contributed by atoms with Gasteiger partial charge in [0.1, 0.15) is 18.0 Å². The minimum absolute atomic E-state index is 0.146. The van der Waals surface area contributed by atoms with Crippen LogP contribution in [0.2, 0.25) is 0 Å². The Bertz CT molecular complexity index is 379. The van der Waals surface area contributed by atoms with Crippen molar-refractivity contribution in [2.75, 3.05) is 30.9 Å². The van der Waals surface area contributed by atoms with Gasteiger partial charge in [0.15, 0.2) is 0 Å². The second-order valence-corrected chi connectivity index (χ2v) is 3.45. The van der Waals surface area contributed by atoms with Crippen LogP contribution in [0, 0.1) is 0 Å². The fourth-order valence-corrected chi connectivity index (χ4v) is 1.58. The van der Waals surface area contributed by atoms with Crippen LogP contribution in [0.3, 0.4) is 0 Å². The number of primary amides is 1. The lowest BCUT2D eigenvalue weighted by atomic mass is 10.2. The lowest BCUT2D eigenvalue weighted by Gasteiger charge is -2.20. The van der Waals surface area contributed by atoms with Gasteiger partial charge in [-0.05, 0) is 6.42 Å². The summed E-state index contributed by atoms with van der Waals surface area (Å²) in [6.07, 6.45) is 2.26. The molecule has 1 aromatic rings. The van der Waals surface area contributed by atoms with Crippen molar-refractivity contribution in [1.29, 1.82) is 0 Å². The van der Waals surface area contributed by atoms with Gasteiger partial charge in [0, 0.05) is 19.7 Å². The van der Waals surface area contributed by atoms with E-state index in [4.69, 9.17) is 5.73 Å². The van der Waals surface area contributed by atoms with E-state index in [1.54, 1.807) is 19.0 Å². The zero-order valence-corrected chi connectivity index (χ0v) is 9.82. The van der Waals surface area contributed by atoms with Crippen LogP contribution in [-0.2, 0) is 11.2 Å². The lowest BCUT2D eigenvalue weighted by molar-refractivity contribution is -0.116. The van der Waals surface area contributed by atoms with Crippen LogP contribution in [0.1, 0.15) is 12.5 Å². The fraction of sp³-hybridized carbons (Fsp3) is 0.500. The molecule has 0 aliphatic heterocycles. The highest BCUT2D eigenvalue weighted by molar-refractivity contribution is 5.79. The number of likely N-dealkylation sites (N-methyl/N-ethyl adjacent to an activating group) is 1. The van der Waals surface area contributed by atoms with E-state index in [2.05, 4.69) is 15.3 Å². The van der Waals surface area contributed by atoms with Crippen molar-refractivity contribution in [3.63, 3.8) is 0 Å². The molecule has 1 heterocycles. The first kappa shape index (κ1) is 12.2. The largest absolute Gasteiger partial charge is 0.373 e. The standard InChI is InChI=1S/C10H17N5O/c1-4-7-9(12-2)13-6-14-10(7)15(3)5-8(11)16/h6H,4-5H2,1-3H3,(H2,11,16)(H,12,13,14). The minimum Gasteiger partial charge on any atom is -0.373 e. The number of nitrogens with one attached hydrogen (secondary N) is 1. The summed E-state index contributed by atoms with van der Waals surface area (Å²) < 4.78 is 0. The molecule has 1 amide bonds. The maximum Gasteiger partial charge on any atom is 0.236 e. The van der Waals surface area contributed by atoms with Gasteiger partial charge in [0.2, 0.25) is 5.91 Å². The predicted octanol–water partition coefficient (Wildman–Crippen LogP) is 0.00220. The SMILES string of the molecule is CCc1c(NC)ncnc1N(C)CC(N)=O. The summed E-state index contributed by atoms with van der Waals surface area (Å²) in [6.45, 7) is 2.16. The van der Waals surface area contributed by atoms with Crippen molar-refractivity contribution < 1.29 is 4.79 Å². The highest BCUT2D eigenvalue weighted by Crippen LogP contribution is 2.22. The van der Waals surface area contributed by atoms with Gasteiger partial charge in [-0.3, -0.25) is 4.79 Å².